The van der Waals surface area contributed by atoms with E-state index in [2.05, 4.69) is 9.97 Å². The molecule has 0 amide bonds. The number of aromatic amines is 1. The van der Waals surface area contributed by atoms with E-state index in [1.54, 1.807) is 11.9 Å². The highest BCUT2D eigenvalue weighted by Gasteiger charge is 2.29. The number of anilines is 3. The van der Waals surface area contributed by atoms with E-state index in [1.165, 1.54) is 0 Å². The van der Waals surface area contributed by atoms with E-state index in [-0.39, 0.29) is 30.6 Å². The van der Waals surface area contributed by atoms with Crippen LogP contribution in [0, 0.1) is 0 Å². The van der Waals surface area contributed by atoms with E-state index in [1.807, 2.05) is 0 Å². The van der Waals surface area contributed by atoms with Crippen LogP contribution in [0.15, 0.2) is 4.79 Å². The average Bonchev–Trinajstić information content (AvgIpc) is 2.81. The molecule has 0 bridgehead atoms. The van der Waals surface area contributed by atoms with Gasteiger partial charge in [0.25, 0.3) is 5.56 Å². The molecule has 1 aliphatic heterocycles. The SMILES string of the molecule is CN(c1nc(N)[nH]c(=O)c1N)[C@H]1CCC(CO)O1. The molecular weight excluding hydrogens is 238 g/mol. The maximum Gasteiger partial charge on any atom is 0.277 e. The molecule has 1 fully saturated rings. The molecule has 8 nitrogen and oxygen atoms in total. The number of rotatable bonds is 3. The Labute approximate surface area is 104 Å². The molecule has 0 saturated carbocycles. The van der Waals surface area contributed by atoms with Gasteiger partial charge in [-0.1, -0.05) is 0 Å². The van der Waals surface area contributed by atoms with E-state index in [0.29, 0.717) is 5.82 Å². The summed E-state index contributed by atoms with van der Waals surface area (Å²) in [5.41, 5.74) is 10.7. The fourth-order valence-corrected chi connectivity index (χ4v) is 2.00. The molecule has 0 radical (unpaired) electrons. The highest BCUT2D eigenvalue weighted by molar-refractivity contribution is 5.62. The van der Waals surface area contributed by atoms with Gasteiger partial charge in [-0.2, -0.15) is 4.98 Å². The molecule has 1 aromatic heterocycles. The second kappa shape index (κ2) is 4.83. The summed E-state index contributed by atoms with van der Waals surface area (Å²) in [5, 5.41) is 9.02. The van der Waals surface area contributed by atoms with Crippen LogP contribution < -0.4 is 21.9 Å². The Morgan fingerprint density at radius 3 is 2.89 bits per heavy atom. The first kappa shape index (κ1) is 12.7. The molecule has 2 atom stereocenters. The standard InChI is InChI=1S/C10H17N5O3/c1-15(6-3-2-5(4-16)18-6)8-7(11)9(17)14-10(12)13-8/h5-6,16H,2-4,11H2,1H3,(H3,12,13,14,17)/t5?,6-/m1/s1. The molecule has 0 aliphatic carbocycles. The molecule has 6 N–H and O–H groups in total. The maximum absolute atomic E-state index is 11.5. The molecule has 8 heteroatoms. The number of nitrogens with one attached hydrogen (secondary N) is 1. The van der Waals surface area contributed by atoms with Crippen molar-refractivity contribution in [3.63, 3.8) is 0 Å². The summed E-state index contributed by atoms with van der Waals surface area (Å²) >= 11 is 0. The molecule has 1 aliphatic rings. The van der Waals surface area contributed by atoms with Gasteiger partial charge in [-0.05, 0) is 12.8 Å². The van der Waals surface area contributed by atoms with Crippen molar-refractivity contribution in [3.05, 3.63) is 10.4 Å². The number of nitrogen functional groups attached to an aromatic ring is 2. The molecule has 2 heterocycles. The summed E-state index contributed by atoms with van der Waals surface area (Å²) in [6, 6.07) is 0. The highest BCUT2D eigenvalue weighted by Crippen LogP contribution is 2.26. The topological polar surface area (TPSA) is 130 Å². The van der Waals surface area contributed by atoms with Gasteiger partial charge < -0.3 is 26.2 Å². The fraction of sp³-hybridized carbons (Fsp3) is 0.600. The lowest BCUT2D eigenvalue weighted by atomic mass is 10.2. The second-order valence-electron chi connectivity index (χ2n) is 4.27. The Kier molecular flexibility index (Phi) is 3.39. The fourth-order valence-electron chi connectivity index (χ4n) is 2.00. The Balaban J connectivity index is 2.24. The molecule has 18 heavy (non-hydrogen) atoms. The van der Waals surface area contributed by atoms with Crippen LogP contribution in [-0.4, -0.2) is 41.1 Å². The molecule has 0 aromatic carbocycles. The van der Waals surface area contributed by atoms with Gasteiger partial charge in [0.15, 0.2) is 5.82 Å². The number of aromatic nitrogens is 2. The van der Waals surface area contributed by atoms with Gasteiger partial charge in [0, 0.05) is 7.05 Å². The summed E-state index contributed by atoms with van der Waals surface area (Å²) in [6.07, 6.45) is 1.04. The lowest BCUT2D eigenvalue weighted by Crippen LogP contribution is -2.35. The van der Waals surface area contributed by atoms with Gasteiger partial charge in [-0.25, -0.2) is 0 Å². The minimum absolute atomic E-state index is 0.00254. The Bertz CT molecular complexity index is 489. The van der Waals surface area contributed by atoms with Crippen molar-refractivity contribution in [1.29, 1.82) is 0 Å². The van der Waals surface area contributed by atoms with Crippen molar-refractivity contribution in [3.8, 4) is 0 Å². The van der Waals surface area contributed by atoms with E-state index in [9.17, 15) is 4.79 Å². The number of ether oxygens (including phenoxy) is 1. The number of hydrogen-bond acceptors (Lipinski definition) is 7. The Hall–Kier alpha value is -1.80. The number of hydrogen-bond donors (Lipinski definition) is 4. The summed E-state index contributed by atoms with van der Waals surface area (Å²) in [4.78, 5) is 19.5. The normalized spacial score (nSPS) is 23.2. The minimum atomic E-state index is -0.471. The largest absolute Gasteiger partial charge is 0.394 e. The van der Waals surface area contributed by atoms with Crippen molar-refractivity contribution >= 4 is 17.5 Å². The Morgan fingerprint density at radius 2 is 2.28 bits per heavy atom. The van der Waals surface area contributed by atoms with E-state index < -0.39 is 5.56 Å². The highest BCUT2D eigenvalue weighted by atomic mass is 16.5. The monoisotopic (exact) mass is 255 g/mol. The van der Waals surface area contributed by atoms with E-state index in [4.69, 9.17) is 21.3 Å². The van der Waals surface area contributed by atoms with Gasteiger partial charge in [0.05, 0.1) is 12.7 Å². The van der Waals surface area contributed by atoms with Gasteiger partial charge in [-0.3, -0.25) is 9.78 Å². The van der Waals surface area contributed by atoms with Gasteiger partial charge in [-0.15, -0.1) is 0 Å². The molecule has 1 aromatic rings. The molecule has 0 spiro atoms. The van der Waals surface area contributed by atoms with Crippen LogP contribution in [-0.2, 0) is 4.74 Å². The molecule has 1 unspecified atom stereocenters. The van der Waals surface area contributed by atoms with E-state index >= 15 is 0 Å². The first-order chi connectivity index (χ1) is 8.52. The van der Waals surface area contributed by atoms with Crippen molar-refractivity contribution in [2.24, 2.45) is 0 Å². The molecule has 1 saturated heterocycles. The van der Waals surface area contributed by atoms with Crippen molar-refractivity contribution in [2.75, 3.05) is 30.0 Å². The lowest BCUT2D eigenvalue weighted by molar-refractivity contribution is 0.0125. The van der Waals surface area contributed by atoms with Crippen molar-refractivity contribution in [2.45, 2.75) is 25.2 Å². The first-order valence-electron chi connectivity index (χ1n) is 5.67. The van der Waals surface area contributed by atoms with Crippen molar-refractivity contribution < 1.29 is 9.84 Å². The zero-order valence-corrected chi connectivity index (χ0v) is 10.1. The number of aliphatic hydroxyl groups excluding tert-OH is 1. The van der Waals surface area contributed by atoms with Gasteiger partial charge in [0.1, 0.15) is 11.9 Å². The van der Waals surface area contributed by atoms with Crippen LogP contribution in [0.3, 0.4) is 0 Å². The second-order valence-corrected chi connectivity index (χ2v) is 4.27. The smallest absolute Gasteiger partial charge is 0.277 e. The van der Waals surface area contributed by atoms with Crippen LogP contribution in [0.2, 0.25) is 0 Å². The predicted molar refractivity (Wildman–Crippen MR) is 67.1 cm³/mol. The quantitative estimate of drug-likeness (QED) is 0.537. The third kappa shape index (κ3) is 2.24. The molecular formula is C10H17N5O3. The summed E-state index contributed by atoms with van der Waals surface area (Å²) in [7, 11) is 1.72. The third-order valence-corrected chi connectivity index (χ3v) is 3.01. The molecule has 100 valence electrons. The lowest BCUT2D eigenvalue weighted by Gasteiger charge is -2.26. The van der Waals surface area contributed by atoms with Crippen LogP contribution in [0.1, 0.15) is 12.8 Å². The van der Waals surface area contributed by atoms with Crippen molar-refractivity contribution in [1.82, 2.24) is 9.97 Å². The maximum atomic E-state index is 11.5. The summed E-state index contributed by atoms with van der Waals surface area (Å²) in [6.45, 7) is -0.0231. The van der Waals surface area contributed by atoms with Crippen LogP contribution >= 0.6 is 0 Å². The summed E-state index contributed by atoms with van der Waals surface area (Å²) in [5.74, 6) is 0.299. The number of nitrogens with zero attached hydrogens (tertiary/aromatic N) is 2. The van der Waals surface area contributed by atoms with Gasteiger partial charge >= 0.3 is 0 Å². The van der Waals surface area contributed by atoms with Crippen LogP contribution in [0.5, 0.6) is 0 Å². The first-order valence-corrected chi connectivity index (χ1v) is 5.67. The summed E-state index contributed by atoms with van der Waals surface area (Å²) < 4.78 is 5.59. The third-order valence-electron chi connectivity index (χ3n) is 3.01. The molecule has 2 rings (SSSR count). The van der Waals surface area contributed by atoms with Crippen LogP contribution in [0.25, 0.3) is 0 Å². The van der Waals surface area contributed by atoms with Crippen LogP contribution in [0.4, 0.5) is 17.5 Å². The minimum Gasteiger partial charge on any atom is -0.394 e. The zero-order valence-electron chi connectivity index (χ0n) is 10.1. The van der Waals surface area contributed by atoms with Gasteiger partial charge in [0.2, 0.25) is 5.95 Å². The van der Waals surface area contributed by atoms with E-state index in [0.717, 1.165) is 12.8 Å². The Morgan fingerprint density at radius 1 is 1.56 bits per heavy atom. The number of nitrogens with two attached hydrogens (primary N) is 2. The average molecular weight is 255 g/mol. The zero-order chi connectivity index (χ0) is 13.3. The predicted octanol–water partition coefficient (Wildman–Crippen LogP) is -1.13. The number of H-pyrrole nitrogens is 1. The number of aliphatic hydroxyl groups is 1.